The van der Waals surface area contributed by atoms with Gasteiger partial charge in [-0.15, -0.1) is 0 Å². The van der Waals surface area contributed by atoms with E-state index in [1.54, 1.807) is 0 Å². The summed E-state index contributed by atoms with van der Waals surface area (Å²) in [5.41, 5.74) is 13.7. The van der Waals surface area contributed by atoms with Crippen molar-refractivity contribution in [3.8, 4) is 11.4 Å². The van der Waals surface area contributed by atoms with Crippen molar-refractivity contribution in [2.75, 3.05) is 0 Å². The van der Waals surface area contributed by atoms with Gasteiger partial charge in [0, 0.05) is 76.0 Å². The lowest BCUT2D eigenvalue weighted by molar-refractivity contribution is 0.664. The summed E-state index contributed by atoms with van der Waals surface area (Å²) >= 11 is 0. The Hall–Kier alpha value is -8.57. The van der Waals surface area contributed by atoms with Crippen molar-refractivity contribution in [3.63, 3.8) is 0 Å². The minimum atomic E-state index is 0.428. The Bertz CT molecular complexity index is 4390. The van der Waals surface area contributed by atoms with Crippen LogP contribution in [0.2, 0.25) is 0 Å². The quantitative estimate of drug-likeness (QED) is 0.165. The largest absolute Gasteiger partial charge is 0.456 e. The third-order valence-corrected chi connectivity index (χ3v) is 15.3. The number of para-hydroxylation sites is 4. The van der Waals surface area contributed by atoms with Gasteiger partial charge in [-0.3, -0.25) is 0 Å². The number of hydrogen-bond acceptors (Lipinski definition) is 4. The van der Waals surface area contributed by atoms with Gasteiger partial charge in [0.1, 0.15) is 44.7 Å². The third kappa shape index (κ3) is 5.02. The molecule has 6 nitrogen and oxygen atoms in total. The van der Waals surface area contributed by atoms with Crippen LogP contribution in [-0.2, 0) is 0 Å². The number of furan rings is 4. The number of nitrogens with zero attached hydrogens (tertiary/aromatic N) is 2. The lowest BCUT2D eigenvalue weighted by atomic mass is 10.1. The first-order chi connectivity index (χ1) is 33.1. The molecule has 16 aromatic rings. The van der Waals surface area contributed by atoms with E-state index in [1.165, 1.54) is 54.2 Å². The van der Waals surface area contributed by atoms with Crippen LogP contribution in [0.15, 0.2) is 212 Å². The van der Waals surface area contributed by atoms with Crippen LogP contribution in [0.4, 0.5) is 0 Å². The van der Waals surface area contributed by atoms with Gasteiger partial charge in [0.2, 0.25) is 0 Å². The number of aromatic nitrogens is 2. The van der Waals surface area contributed by atoms with Gasteiger partial charge in [0.15, 0.2) is 0 Å². The number of benzene rings is 10. The van der Waals surface area contributed by atoms with E-state index in [0.29, 0.717) is 8.58 Å². The molecule has 0 N–H and O–H groups in total. The fourth-order valence-electron chi connectivity index (χ4n) is 11.1. The molecule has 0 aliphatic carbocycles. The first-order valence-electron chi connectivity index (χ1n) is 22.5. The second-order valence-electron chi connectivity index (χ2n) is 17.7. The Morgan fingerprint density at radius 1 is 0.239 bits per heavy atom. The van der Waals surface area contributed by atoms with Gasteiger partial charge in [-0.2, -0.15) is 0 Å². The zero-order valence-corrected chi connectivity index (χ0v) is 36.5. The van der Waals surface area contributed by atoms with Crippen molar-refractivity contribution in [1.29, 1.82) is 0 Å². The van der Waals surface area contributed by atoms with Crippen molar-refractivity contribution < 1.29 is 17.7 Å². The topological polar surface area (TPSA) is 62.4 Å². The molecule has 10 aromatic carbocycles. The van der Waals surface area contributed by atoms with E-state index in [0.717, 1.165) is 99.1 Å². The van der Waals surface area contributed by atoms with Crippen LogP contribution in [0.3, 0.4) is 0 Å². The van der Waals surface area contributed by atoms with Crippen LogP contribution >= 0.6 is 8.58 Å². The summed E-state index contributed by atoms with van der Waals surface area (Å²) in [6.07, 6.45) is 0. The third-order valence-electron chi connectivity index (χ3n) is 14.1. The van der Waals surface area contributed by atoms with E-state index in [2.05, 4.69) is 203 Å². The predicted octanol–water partition coefficient (Wildman–Crippen LogP) is 16.1. The van der Waals surface area contributed by atoms with Gasteiger partial charge in [0.25, 0.3) is 0 Å². The van der Waals surface area contributed by atoms with Crippen molar-refractivity contribution in [2.24, 2.45) is 0 Å². The smallest absolute Gasteiger partial charge is 0.136 e. The highest BCUT2D eigenvalue weighted by molar-refractivity contribution is 7.55. The SMILES string of the molecule is c1ccc2c(c1)c1ccccc1n2-c1ccc2oc3cc4c(cc3c2c1)oc1ccc(Pc2ccc3oc5cc6c(cc5c3c2)oc2ccc(-n3c5ccccc5c5ccccc53)cc26)cc14. The molecule has 6 heterocycles. The summed E-state index contributed by atoms with van der Waals surface area (Å²) in [6, 6.07) is 69.2. The van der Waals surface area contributed by atoms with Crippen LogP contribution in [0.1, 0.15) is 0 Å². The molecule has 0 spiro atoms. The van der Waals surface area contributed by atoms with Gasteiger partial charge >= 0.3 is 0 Å². The lowest BCUT2D eigenvalue weighted by Crippen LogP contribution is -2.02. The van der Waals surface area contributed by atoms with Crippen LogP contribution < -0.4 is 10.6 Å². The Morgan fingerprint density at radius 3 is 0.866 bits per heavy atom. The molecule has 7 heteroatoms. The van der Waals surface area contributed by atoms with Crippen LogP contribution in [0.5, 0.6) is 0 Å². The molecule has 0 fully saturated rings. The highest BCUT2D eigenvalue weighted by atomic mass is 31.1. The molecule has 0 saturated heterocycles. The fraction of sp³-hybridized carbons (Fsp3) is 0. The summed E-state index contributed by atoms with van der Waals surface area (Å²) in [5, 5.41) is 15.9. The normalized spacial score (nSPS) is 12.5. The van der Waals surface area contributed by atoms with E-state index >= 15 is 0 Å². The van der Waals surface area contributed by atoms with E-state index in [-0.39, 0.29) is 0 Å². The molecular formula is C60H33N2O4P. The first-order valence-corrected chi connectivity index (χ1v) is 23.5. The average Bonchev–Trinajstić information content (AvgIpc) is 4.22. The maximum Gasteiger partial charge on any atom is 0.136 e. The monoisotopic (exact) mass is 876 g/mol. The van der Waals surface area contributed by atoms with Crippen molar-refractivity contribution in [2.45, 2.75) is 0 Å². The maximum atomic E-state index is 6.55. The molecule has 67 heavy (non-hydrogen) atoms. The lowest BCUT2D eigenvalue weighted by Gasteiger charge is -2.07. The minimum absolute atomic E-state index is 0.428. The molecule has 0 aliphatic rings. The maximum absolute atomic E-state index is 6.55. The molecule has 0 atom stereocenters. The van der Waals surface area contributed by atoms with Crippen LogP contribution in [0.25, 0.3) is 143 Å². The second-order valence-corrected chi connectivity index (χ2v) is 19.1. The first kappa shape index (κ1) is 35.7. The molecule has 0 radical (unpaired) electrons. The van der Waals surface area contributed by atoms with Crippen LogP contribution in [-0.4, -0.2) is 9.13 Å². The summed E-state index contributed by atoms with van der Waals surface area (Å²) < 4.78 is 30.9. The van der Waals surface area contributed by atoms with Crippen molar-refractivity contribution in [3.05, 3.63) is 194 Å². The second kappa shape index (κ2) is 13.0. The highest BCUT2D eigenvalue weighted by Gasteiger charge is 2.20. The molecule has 0 saturated carbocycles. The molecule has 0 unspecified atom stereocenters. The van der Waals surface area contributed by atoms with E-state index in [1.807, 2.05) is 0 Å². The minimum Gasteiger partial charge on any atom is -0.456 e. The summed E-state index contributed by atoms with van der Waals surface area (Å²) in [5.74, 6) is 0. The van der Waals surface area contributed by atoms with Gasteiger partial charge in [-0.25, -0.2) is 0 Å². The number of hydrogen-bond donors (Lipinski definition) is 0. The summed E-state index contributed by atoms with van der Waals surface area (Å²) in [6.45, 7) is 0. The zero-order valence-electron chi connectivity index (χ0n) is 35.5. The summed E-state index contributed by atoms with van der Waals surface area (Å²) in [7, 11) is 0.428. The average molecular weight is 877 g/mol. The Morgan fingerprint density at radius 2 is 0.522 bits per heavy atom. The Labute approximate surface area is 381 Å². The number of fused-ring (bicyclic) bond motifs is 18. The highest BCUT2D eigenvalue weighted by Crippen LogP contribution is 2.42. The Kier molecular flexibility index (Phi) is 6.96. The van der Waals surface area contributed by atoms with Crippen molar-refractivity contribution >= 4 is 151 Å². The van der Waals surface area contributed by atoms with Crippen LogP contribution in [0, 0.1) is 0 Å². The van der Waals surface area contributed by atoms with Gasteiger partial charge in [0.05, 0.1) is 22.1 Å². The predicted molar refractivity (Wildman–Crippen MR) is 278 cm³/mol. The van der Waals surface area contributed by atoms with Crippen molar-refractivity contribution in [1.82, 2.24) is 9.13 Å². The molecule has 16 rings (SSSR count). The molecular weight excluding hydrogens is 844 g/mol. The zero-order chi connectivity index (χ0) is 43.5. The van der Waals surface area contributed by atoms with Gasteiger partial charge in [-0.05, 0) is 120 Å². The number of rotatable bonds is 4. The van der Waals surface area contributed by atoms with E-state index < -0.39 is 0 Å². The molecule has 0 bridgehead atoms. The van der Waals surface area contributed by atoms with E-state index in [9.17, 15) is 0 Å². The van der Waals surface area contributed by atoms with Gasteiger partial charge < -0.3 is 26.8 Å². The van der Waals surface area contributed by atoms with E-state index in [4.69, 9.17) is 17.7 Å². The molecule has 312 valence electrons. The molecule has 6 aromatic heterocycles. The van der Waals surface area contributed by atoms with Gasteiger partial charge in [-0.1, -0.05) is 93.5 Å². The summed E-state index contributed by atoms with van der Waals surface area (Å²) in [4.78, 5) is 0. The fourth-order valence-corrected chi connectivity index (χ4v) is 12.2. The Balaban J connectivity index is 0.757. The molecule has 0 amide bonds. The molecule has 0 aliphatic heterocycles. The standard InChI is InChI=1S/C60H33N2O4P/c1-5-13-49-37(9-1)38-10-2-6-14-50(38)61(49)33-17-21-53-41(25-33)45-29-59-47(31-57(45)63-53)43-27-35(19-23-55(43)65-59)67-36-20-24-56-44(28-36)48-32-58-46(30-60(48)66-56)42-26-34(18-22-54(42)64-58)62-51-15-7-3-11-39(51)40-12-4-8-16-52(40)62/h1-32,67H.